The number of aliphatic imine (C=N–C) groups is 1. The zero-order valence-corrected chi connectivity index (χ0v) is 17.6. The summed E-state index contributed by atoms with van der Waals surface area (Å²) in [4.78, 5) is 8.51. The van der Waals surface area contributed by atoms with Gasteiger partial charge in [0.1, 0.15) is 5.82 Å². The highest BCUT2D eigenvalue weighted by molar-refractivity contribution is 14.0. The fourth-order valence-corrected chi connectivity index (χ4v) is 2.62. The standard InChI is InChI=1S/C19H29N5.HI/c1-17-21-14-16-24(17)15-7-6-12-22-19(20-2)23-13-8-11-18-9-4-3-5-10-18;/h3-5,9-10,14,16H,6-8,11-13,15H2,1-2H3,(H2,20,22,23);1H. The molecule has 0 bridgehead atoms. The van der Waals surface area contributed by atoms with Crippen molar-refractivity contribution in [2.75, 3.05) is 20.1 Å². The van der Waals surface area contributed by atoms with Crippen LogP contribution in [0.5, 0.6) is 0 Å². The van der Waals surface area contributed by atoms with E-state index in [1.165, 1.54) is 5.56 Å². The molecule has 0 unspecified atom stereocenters. The van der Waals surface area contributed by atoms with Crippen molar-refractivity contribution in [1.82, 2.24) is 20.2 Å². The highest BCUT2D eigenvalue weighted by Crippen LogP contribution is 2.01. The molecule has 0 aliphatic carbocycles. The van der Waals surface area contributed by atoms with Crippen LogP contribution in [0.3, 0.4) is 0 Å². The number of nitrogens with zero attached hydrogens (tertiary/aromatic N) is 3. The van der Waals surface area contributed by atoms with E-state index in [-0.39, 0.29) is 24.0 Å². The predicted molar refractivity (Wildman–Crippen MR) is 116 cm³/mol. The van der Waals surface area contributed by atoms with E-state index in [9.17, 15) is 0 Å². The molecule has 2 rings (SSSR count). The van der Waals surface area contributed by atoms with Crippen molar-refractivity contribution in [3.8, 4) is 0 Å². The van der Waals surface area contributed by atoms with Gasteiger partial charge in [-0.15, -0.1) is 24.0 Å². The van der Waals surface area contributed by atoms with Crippen molar-refractivity contribution >= 4 is 29.9 Å². The number of imidazole rings is 1. The summed E-state index contributed by atoms with van der Waals surface area (Å²) < 4.78 is 2.19. The van der Waals surface area contributed by atoms with Gasteiger partial charge in [0.05, 0.1) is 0 Å². The van der Waals surface area contributed by atoms with Crippen molar-refractivity contribution in [2.24, 2.45) is 4.99 Å². The number of halogens is 1. The molecule has 2 N–H and O–H groups in total. The number of unbranched alkanes of at least 4 members (excludes halogenated alkanes) is 1. The number of benzene rings is 1. The summed E-state index contributed by atoms with van der Waals surface area (Å²) in [5.41, 5.74) is 1.39. The van der Waals surface area contributed by atoms with Crippen molar-refractivity contribution in [1.29, 1.82) is 0 Å². The number of rotatable bonds is 9. The number of aryl methyl sites for hydroxylation is 3. The predicted octanol–water partition coefficient (Wildman–Crippen LogP) is 3.39. The molecule has 1 aromatic heterocycles. The van der Waals surface area contributed by atoms with Gasteiger partial charge in [-0.3, -0.25) is 4.99 Å². The van der Waals surface area contributed by atoms with Gasteiger partial charge in [-0.25, -0.2) is 4.98 Å². The minimum atomic E-state index is 0. The molecule has 6 heteroatoms. The van der Waals surface area contributed by atoms with E-state index >= 15 is 0 Å². The summed E-state index contributed by atoms with van der Waals surface area (Å²) in [5, 5.41) is 6.75. The Morgan fingerprint density at radius 3 is 2.44 bits per heavy atom. The van der Waals surface area contributed by atoms with E-state index in [1.54, 1.807) is 0 Å². The van der Waals surface area contributed by atoms with Crippen LogP contribution in [-0.4, -0.2) is 35.6 Å². The highest BCUT2D eigenvalue weighted by atomic mass is 127. The smallest absolute Gasteiger partial charge is 0.190 e. The maximum Gasteiger partial charge on any atom is 0.190 e. The molecule has 0 aliphatic heterocycles. The minimum Gasteiger partial charge on any atom is -0.356 e. The van der Waals surface area contributed by atoms with Crippen LogP contribution in [0.25, 0.3) is 0 Å². The molecular weight excluding hydrogens is 425 g/mol. The number of nitrogens with one attached hydrogen (secondary N) is 2. The van der Waals surface area contributed by atoms with Crippen molar-refractivity contribution in [2.45, 2.75) is 39.2 Å². The summed E-state index contributed by atoms with van der Waals surface area (Å²) in [7, 11) is 1.82. The third-order valence-electron chi connectivity index (χ3n) is 4.04. The first-order valence-electron chi connectivity index (χ1n) is 8.76. The molecule has 1 aromatic carbocycles. The Kier molecular flexibility index (Phi) is 10.9. The Balaban J connectivity index is 0.00000312. The number of guanidine groups is 1. The normalized spacial score (nSPS) is 11.0. The molecule has 0 fully saturated rings. The largest absolute Gasteiger partial charge is 0.356 e. The number of aromatic nitrogens is 2. The fourth-order valence-electron chi connectivity index (χ4n) is 2.62. The lowest BCUT2D eigenvalue weighted by Crippen LogP contribution is -2.38. The molecule has 5 nitrogen and oxygen atoms in total. The van der Waals surface area contributed by atoms with Gasteiger partial charge in [-0.05, 0) is 38.2 Å². The van der Waals surface area contributed by atoms with Crippen molar-refractivity contribution < 1.29 is 0 Å². The van der Waals surface area contributed by atoms with Crippen LogP contribution in [0.15, 0.2) is 47.7 Å². The van der Waals surface area contributed by atoms with Gasteiger partial charge < -0.3 is 15.2 Å². The van der Waals surface area contributed by atoms with Crippen LogP contribution in [-0.2, 0) is 13.0 Å². The van der Waals surface area contributed by atoms with E-state index in [2.05, 4.69) is 55.5 Å². The average molecular weight is 455 g/mol. The van der Waals surface area contributed by atoms with Gasteiger partial charge >= 0.3 is 0 Å². The molecule has 0 radical (unpaired) electrons. The molecule has 0 saturated carbocycles. The summed E-state index contributed by atoms with van der Waals surface area (Å²) in [6.45, 7) is 4.94. The maximum absolute atomic E-state index is 4.27. The lowest BCUT2D eigenvalue weighted by Gasteiger charge is -2.12. The van der Waals surface area contributed by atoms with Gasteiger partial charge in [-0.1, -0.05) is 30.3 Å². The Morgan fingerprint density at radius 1 is 1.08 bits per heavy atom. The Labute approximate surface area is 168 Å². The fraction of sp³-hybridized carbons (Fsp3) is 0.474. The van der Waals surface area contributed by atoms with E-state index in [0.29, 0.717) is 0 Å². The lowest BCUT2D eigenvalue weighted by molar-refractivity contribution is 0.588. The zero-order chi connectivity index (χ0) is 17.0. The molecular formula is C19H30IN5. The van der Waals surface area contributed by atoms with Crippen LogP contribution in [0, 0.1) is 6.92 Å². The highest BCUT2D eigenvalue weighted by Gasteiger charge is 1.99. The molecule has 0 aliphatic rings. The van der Waals surface area contributed by atoms with Gasteiger partial charge in [0.15, 0.2) is 5.96 Å². The molecule has 1 heterocycles. The molecule has 2 aromatic rings. The molecule has 138 valence electrons. The lowest BCUT2D eigenvalue weighted by atomic mass is 10.1. The van der Waals surface area contributed by atoms with Gasteiger partial charge in [0.2, 0.25) is 0 Å². The third-order valence-corrected chi connectivity index (χ3v) is 4.04. The number of hydrogen-bond acceptors (Lipinski definition) is 2. The number of hydrogen-bond donors (Lipinski definition) is 2. The van der Waals surface area contributed by atoms with Crippen molar-refractivity contribution in [3.05, 3.63) is 54.1 Å². The molecule has 25 heavy (non-hydrogen) atoms. The molecule has 0 amide bonds. The first-order valence-corrected chi connectivity index (χ1v) is 8.76. The van der Waals surface area contributed by atoms with E-state index in [1.807, 2.05) is 26.4 Å². The Hall–Kier alpha value is -1.57. The van der Waals surface area contributed by atoms with Gasteiger partial charge in [-0.2, -0.15) is 0 Å². The summed E-state index contributed by atoms with van der Waals surface area (Å²) in [6.07, 6.45) is 8.34. The van der Waals surface area contributed by atoms with E-state index in [0.717, 1.165) is 57.1 Å². The van der Waals surface area contributed by atoms with Crippen LogP contribution >= 0.6 is 24.0 Å². The third kappa shape index (κ3) is 8.38. The van der Waals surface area contributed by atoms with Crippen LogP contribution in [0.4, 0.5) is 0 Å². The second-order valence-corrected chi connectivity index (χ2v) is 5.89. The Bertz CT molecular complexity index is 609. The maximum atomic E-state index is 4.27. The Morgan fingerprint density at radius 2 is 1.80 bits per heavy atom. The molecule has 0 spiro atoms. The first kappa shape index (κ1) is 21.5. The molecule has 0 atom stereocenters. The van der Waals surface area contributed by atoms with E-state index in [4.69, 9.17) is 0 Å². The van der Waals surface area contributed by atoms with Gasteiger partial charge in [0, 0.05) is 39.1 Å². The topological polar surface area (TPSA) is 54.2 Å². The monoisotopic (exact) mass is 455 g/mol. The second kappa shape index (κ2) is 12.7. The quantitative estimate of drug-likeness (QED) is 0.264. The molecule has 0 saturated heterocycles. The first-order chi connectivity index (χ1) is 11.8. The van der Waals surface area contributed by atoms with Gasteiger partial charge in [0.25, 0.3) is 0 Å². The minimum absolute atomic E-state index is 0. The van der Waals surface area contributed by atoms with Crippen LogP contribution in [0.2, 0.25) is 0 Å². The summed E-state index contributed by atoms with van der Waals surface area (Å²) in [5.74, 6) is 1.97. The average Bonchev–Trinajstić information content (AvgIpc) is 3.02. The summed E-state index contributed by atoms with van der Waals surface area (Å²) in [6, 6.07) is 10.6. The van der Waals surface area contributed by atoms with Crippen molar-refractivity contribution in [3.63, 3.8) is 0 Å². The second-order valence-electron chi connectivity index (χ2n) is 5.89. The van der Waals surface area contributed by atoms with E-state index < -0.39 is 0 Å². The van der Waals surface area contributed by atoms with Crippen LogP contribution < -0.4 is 10.6 Å². The SMILES string of the molecule is CN=C(NCCCCn1ccnc1C)NCCCc1ccccc1.I. The van der Waals surface area contributed by atoms with Crippen LogP contribution in [0.1, 0.15) is 30.7 Å². The summed E-state index contributed by atoms with van der Waals surface area (Å²) >= 11 is 0. The zero-order valence-electron chi connectivity index (χ0n) is 15.2.